The lowest BCUT2D eigenvalue weighted by Gasteiger charge is -2.28. The minimum Gasteiger partial charge on any atom is -0.346 e. The number of amides is 1. The zero-order valence-corrected chi connectivity index (χ0v) is 19.8. The number of para-hydroxylation sites is 2. The Kier molecular flexibility index (Phi) is 5.98. The van der Waals surface area contributed by atoms with Gasteiger partial charge in [0.05, 0.1) is 29.5 Å². The Hall–Kier alpha value is -3.05. The van der Waals surface area contributed by atoms with Gasteiger partial charge in [-0.25, -0.2) is 4.98 Å². The Balaban J connectivity index is 1.46. The van der Waals surface area contributed by atoms with Gasteiger partial charge in [-0.1, -0.05) is 35.9 Å². The highest BCUT2D eigenvalue weighted by atomic mass is 35.5. The van der Waals surface area contributed by atoms with Gasteiger partial charge in [-0.2, -0.15) is 0 Å². The number of hydrogen-bond donors (Lipinski definition) is 0. The van der Waals surface area contributed by atoms with Crippen molar-refractivity contribution in [3.8, 4) is 0 Å². The van der Waals surface area contributed by atoms with Gasteiger partial charge in [0.15, 0.2) is 0 Å². The molecule has 2 aromatic heterocycles. The van der Waals surface area contributed by atoms with Crippen molar-refractivity contribution in [2.45, 2.75) is 51.2 Å². The molecule has 2 aromatic carbocycles. The lowest BCUT2D eigenvalue weighted by molar-refractivity contribution is -0.132. The predicted octanol–water partition coefficient (Wildman–Crippen LogP) is 6.42. The summed E-state index contributed by atoms with van der Waals surface area (Å²) in [7, 11) is 0. The molecule has 1 unspecified atom stereocenters. The number of carbonyl (C=O) groups is 1. The van der Waals surface area contributed by atoms with E-state index in [2.05, 4.69) is 41.2 Å². The minimum absolute atomic E-state index is 0.00262. The molecule has 6 heteroatoms. The zero-order valence-electron chi connectivity index (χ0n) is 19.1. The summed E-state index contributed by atoms with van der Waals surface area (Å²) in [5, 5.41) is 0.698. The number of imidazole rings is 1. The number of fused-ring (bicyclic) bond motifs is 1. The van der Waals surface area contributed by atoms with Gasteiger partial charge in [0.25, 0.3) is 0 Å². The molecular weight excluding hydrogens is 432 g/mol. The second kappa shape index (κ2) is 9.06. The summed E-state index contributed by atoms with van der Waals surface area (Å²) in [6.07, 6.45) is 6.37. The van der Waals surface area contributed by atoms with Crippen LogP contribution in [0.1, 0.15) is 62.6 Å². The number of nitrogens with zero attached hydrogens (tertiary/aromatic N) is 4. The number of rotatable bonds is 6. The minimum atomic E-state index is -0.0741. The fourth-order valence-electron chi connectivity index (χ4n) is 5.09. The molecule has 2 atom stereocenters. The molecule has 1 amide bonds. The van der Waals surface area contributed by atoms with Gasteiger partial charge in [-0.15, -0.1) is 0 Å². The van der Waals surface area contributed by atoms with Crippen molar-refractivity contribution < 1.29 is 4.79 Å². The van der Waals surface area contributed by atoms with Gasteiger partial charge >= 0.3 is 0 Å². The van der Waals surface area contributed by atoms with E-state index in [-0.39, 0.29) is 24.0 Å². The molecular formula is C27H29ClN4O. The highest BCUT2D eigenvalue weighted by Gasteiger charge is 2.35. The molecule has 0 spiro atoms. The van der Waals surface area contributed by atoms with Gasteiger partial charge in [-0.3, -0.25) is 4.79 Å². The second-order valence-electron chi connectivity index (χ2n) is 9.07. The number of likely N-dealkylation sites (tertiary alicyclic amines) is 1. The Morgan fingerprint density at radius 3 is 2.52 bits per heavy atom. The van der Waals surface area contributed by atoms with E-state index in [1.807, 2.05) is 59.8 Å². The molecule has 170 valence electrons. The van der Waals surface area contributed by atoms with Crippen LogP contribution in [0.2, 0.25) is 5.02 Å². The summed E-state index contributed by atoms with van der Waals surface area (Å²) in [5.74, 6) is 1.16. The molecule has 1 aliphatic rings. The third-order valence-electron chi connectivity index (χ3n) is 6.62. The van der Waals surface area contributed by atoms with Crippen LogP contribution in [-0.2, 0) is 4.79 Å². The lowest BCUT2D eigenvalue weighted by Crippen LogP contribution is -2.34. The van der Waals surface area contributed by atoms with E-state index in [4.69, 9.17) is 16.6 Å². The van der Waals surface area contributed by atoms with Crippen LogP contribution in [0.4, 0.5) is 0 Å². The van der Waals surface area contributed by atoms with Gasteiger partial charge in [0.1, 0.15) is 5.82 Å². The van der Waals surface area contributed by atoms with Gasteiger partial charge in [-0.05, 0) is 68.7 Å². The third-order valence-corrected chi connectivity index (χ3v) is 6.87. The highest BCUT2D eigenvalue weighted by Crippen LogP contribution is 2.36. The molecule has 1 saturated heterocycles. The van der Waals surface area contributed by atoms with Crippen molar-refractivity contribution >= 4 is 28.5 Å². The van der Waals surface area contributed by atoms with Crippen molar-refractivity contribution in [1.82, 2.24) is 19.0 Å². The highest BCUT2D eigenvalue weighted by molar-refractivity contribution is 6.30. The van der Waals surface area contributed by atoms with E-state index < -0.39 is 0 Å². The summed E-state index contributed by atoms with van der Waals surface area (Å²) < 4.78 is 4.41. The van der Waals surface area contributed by atoms with Crippen LogP contribution in [0, 0.1) is 0 Å². The number of carbonyl (C=O) groups excluding carboxylic acids is 1. The first-order valence-electron chi connectivity index (χ1n) is 11.7. The SMILES string of the molecule is CC(C)n1c([C@@H]2CCCN2C(=O)CC(c2ccc(Cl)cc2)n2cccc2)nc2ccccc21. The summed E-state index contributed by atoms with van der Waals surface area (Å²) in [6.45, 7) is 5.13. The van der Waals surface area contributed by atoms with Crippen molar-refractivity contribution in [1.29, 1.82) is 0 Å². The van der Waals surface area contributed by atoms with E-state index in [0.29, 0.717) is 11.4 Å². The molecule has 4 aromatic rings. The smallest absolute Gasteiger partial charge is 0.225 e. The van der Waals surface area contributed by atoms with Crippen LogP contribution in [0.25, 0.3) is 11.0 Å². The maximum absolute atomic E-state index is 13.7. The van der Waals surface area contributed by atoms with E-state index in [1.165, 1.54) is 0 Å². The number of halogens is 1. The fourth-order valence-corrected chi connectivity index (χ4v) is 5.22. The third kappa shape index (κ3) is 4.18. The van der Waals surface area contributed by atoms with Gasteiger partial charge < -0.3 is 14.0 Å². The molecule has 33 heavy (non-hydrogen) atoms. The Morgan fingerprint density at radius 1 is 1.06 bits per heavy atom. The van der Waals surface area contributed by atoms with E-state index in [1.54, 1.807) is 0 Å². The normalized spacial score (nSPS) is 17.2. The maximum Gasteiger partial charge on any atom is 0.225 e. The van der Waals surface area contributed by atoms with Crippen LogP contribution in [0.3, 0.4) is 0 Å². The molecule has 0 aliphatic carbocycles. The van der Waals surface area contributed by atoms with E-state index >= 15 is 0 Å². The lowest BCUT2D eigenvalue weighted by atomic mass is 10.0. The van der Waals surface area contributed by atoms with Crippen LogP contribution in [0.15, 0.2) is 73.1 Å². The first-order chi connectivity index (χ1) is 16.0. The Bertz CT molecular complexity index is 1240. The van der Waals surface area contributed by atoms with Crippen molar-refractivity contribution in [2.24, 2.45) is 0 Å². The average Bonchev–Trinajstić information content (AvgIpc) is 3.57. The number of aromatic nitrogens is 3. The topological polar surface area (TPSA) is 43.1 Å². The quantitative estimate of drug-likeness (QED) is 0.333. The fraction of sp³-hybridized carbons (Fsp3) is 0.333. The summed E-state index contributed by atoms with van der Waals surface area (Å²) in [5.41, 5.74) is 3.20. The molecule has 1 fully saturated rings. The van der Waals surface area contributed by atoms with Crippen LogP contribution in [0.5, 0.6) is 0 Å². The van der Waals surface area contributed by atoms with Crippen LogP contribution in [-0.4, -0.2) is 31.5 Å². The molecule has 5 nitrogen and oxygen atoms in total. The molecule has 3 heterocycles. The molecule has 0 bridgehead atoms. The second-order valence-corrected chi connectivity index (χ2v) is 9.51. The summed E-state index contributed by atoms with van der Waals surface area (Å²) in [6, 6.07) is 20.3. The average molecular weight is 461 g/mol. The van der Waals surface area contributed by atoms with Crippen molar-refractivity contribution in [3.63, 3.8) is 0 Å². The predicted molar refractivity (Wildman–Crippen MR) is 132 cm³/mol. The first kappa shape index (κ1) is 21.8. The molecule has 1 aliphatic heterocycles. The van der Waals surface area contributed by atoms with Crippen molar-refractivity contribution in [3.05, 3.63) is 89.5 Å². The van der Waals surface area contributed by atoms with Crippen molar-refractivity contribution in [2.75, 3.05) is 6.54 Å². The zero-order chi connectivity index (χ0) is 22.9. The van der Waals surface area contributed by atoms with Gasteiger partial charge in [0.2, 0.25) is 5.91 Å². The summed E-state index contributed by atoms with van der Waals surface area (Å²) >= 11 is 6.12. The molecule has 0 saturated carbocycles. The van der Waals surface area contributed by atoms with E-state index in [9.17, 15) is 4.79 Å². The van der Waals surface area contributed by atoms with Gasteiger partial charge in [0, 0.05) is 30.0 Å². The first-order valence-corrected chi connectivity index (χ1v) is 12.0. The Morgan fingerprint density at radius 2 is 1.79 bits per heavy atom. The molecule has 0 radical (unpaired) electrons. The largest absolute Gasteiger partial charge is 0.346 e. The Labute approximate surface area is 199 Å². The van der Waals surface area contributed by atoms with Crippen LogP contribution < -0.4 is 0 Å². The number of benzene rings is 2. The van der Waals surface area contributed by atoms with E-state index in [0.717, 1.165) is 41.8 Å². The number of hydrogen-bond acceptors (Lipinski definition) is 2. The summed E-state index contributed by atoms with van der Waals surface area (Å²) in [4.78, 5) is 20.8. The molecule has 5 rings (SSSR count). The monoisotopic (exact) mass is 460 g/mol. The molecule has 0 N–H and O–H groups in total. The van der Waals surface area contributed by atoms with Crippen LogP contribution >= 0.6 is 11.6 Å². The standard InChI is InChI=1S/C27H29ClN4O/c1-19(2)32-23-9-4-3-8-22(23)29-27(32)24-10-7-17-31(24)26(33)18-25(30-15-5-6-16-30)20-11-13-21(28)14-12-20/h3-6,8-9,11-16,19,24-25H,7,10,17-18H2,1-2H3/t24-,25?/m0/s1. The maximum atomic E-state index is 13.7.